The van der Waals surface area contributed by atoms with E-state index in [2.05, 4.69) is 13.8 Å². The van der Waals surface area contributed by atoms with Crippen molar-refractivity contribution >= 4 is 10.4 Å². The third-order valence-corrected chi connectivity index (χ3v) is 4.78. The van der Waals surface area contributed by atoms with Gasteiger partial charge in [-0.3, -0.25) is 4.55 Å². The van der Waals surface area contributed by atoms with Crippen LogP contribution in [0.25, 0.3) is 0 Å². The molecule has 0 fully saturated rings. The molecule has 140 valence electrons. The van der Waals surface area contributed by atoms with E-state index in [4.69, 9.17) is 8.74 Å². The second-order valence-electron chi connectivity index (χ2n) is 6.61. The third-order valence-electron chi connectivity index (χ3n) is 4.27. The van der Waals surface area contributed by atoms with Gasteiger partial charge < -0.3 is 0 Å². The molecule has 0 rings (SSSR count). The third kappa shape index (κ3) is 18.1. The minimum Gasteiger partial charge on any atom is -0.264 e. The fourth-order valence-electron chi connectivity index (χ4n) is 2.89. The quantitative estimate of drug-likeness (QED) is 0.255. The summed E-state index contributed by atoms with van der Waals surface area (Å²) in [6, 6.07) is 0. The lowest BCUT2D eigenvalue weighted by molar-refractivity contribution is 0.157. The van der Waals surface area contributed by atoms with Crippen LogP contribution >= 0.6 is 0 Å². The highest BCUT2D eigenvalue weighted by Crippen LogP contribution is 2.18. The van der Waals surface area contributed by atoms with Crippen molar-refractivity contribution in [1.29, 1.82) is 0 Å². The Balaban J connectivity index is 3.83. The minimum absolute atomic E-state index is 0.355. The topological polar surface area (TPSA) is 63.6 Å². The molecule has 5 heteroatoms. The van der Waals surface area contributed by atoms with Crippen molar-refractivity contribution in [2.45, 2.75) is 116 Å². The first-order chi connectivity index (χ1) is 11.0. The predicted octanol–water partition coefficient (Wildman–Crippen LogP) is 6.07. The first-order valence-electron chi connectivity index (χ1n) is 9.65. The summed E-state index contributed by atoms with van der Waals surface area (Å²) in [5, 5.41) is 0. The minimum atomic E-state index is -4.33. The van der Waals surface area contributed by atoms with Crippen LogP contribution in [0.5, 0.6) is 0 Å². The van der Waals surface area contributed by atoms with Gasteiger partial charge in [0.25, 0.3) is 0 Å². The average molecular weight is 351 g/mol. The number of hydrogen-bond acceptors (Lipinski definition) is 3. The molecular formula is C18H38O4S. The monoisotopic (exact) mass is 350 g/mol. The van der Waals surface area contributed by atoms with Crippen LogP contribution in [0.1, 0.15) is 110 Å². The van der Waals surface area contributed by atoms with E-state index >= 15 is 0 Å². The highest BCUT2D eigenvalue weighted by Gasteiger charge is 2.16. The maximum atomic E-state index is 11.0. The van der Waals surface area contributed by atoms with E-state index in [1.807, 2.05) is 0 Å². The number of unbranched alkanes of at least 4 members (excludes halogenated alkanes) is 11. The Kier molecular flexibility index (Phi) is 15.3. The molecule has 1 atom stereocenters. The molecule has 0 heterocycles. The second-order valence-corrected chi connectivity index (χ2v) is 7.66. The van der Waals surface area contributed by atoms with Crippen LogP contribution in [-0.4, -0.2) is 19.1 Å². The molecule has 1 unspecified atom stereocenters. The molecule has 0 aromatic rings. The summed E-state index contributed by atoms with van der Waals surface area (Å²) in [5.74, 6) is 0. The maximum absolute atomic E-state index is 11.0. The van der Waals surface area contributed by atoms with Gasteiger partial charge in [-0.2, -0.15) is 8.42 Å². The first kappa shape index (κ1) is 22.9. The molecule has 4 nitrogen and oxygen atoms in total. The molecule has 0 bridgehead atoms. The van der Waals surface area contributed by atoms with Crippen LogP contribution in [0.4, 0.5) is 0 Å². The lowest BCUT2D eigenvalue weighted by atomic mass is 10.0. The van der Waals surface area contributed by atoms with Crippen molar-refractivity contribution in [3.05, 3.63) is 0 Å². The molecule has 0 radical (unpaired) electrons. The van der Waals surface area contributed by atoms with E-state index in [0.717, 1.165) is 38.5 Å². The van der Waals surface area contributed by atoms with Crippen molar-refractivity contribution in [2.75, 3.05) is 0 Å². The Morgan fingerprint density at radius 1 is 0.696 bits per heavy atom. The zero-order chi connectivity index (χ0) is 17.4. The molecule has 0 aliphatic carbocycles. The molecule has 0 aromatic heterocycles. The van der Waals surface area contributed by atoms with Crippen LogP contribution < -0.4 is 0 Å². The average Bonchev–Trinajstić information content (AvgIpc) is 2.48. The zero-order valence-electron chi connectivity index (χ0n) is 15.3. The van der Waals surface area contributed by atoms with Gasteiger partial charge in [0.2, 0.25) is 0 Å². The van der Waals surface area contributed by atoms with E-state index in [9.17, 15) is 8.42 Å². The van der Waals surface area contributed by atoms with Crippen molar-refractivity contribution < 1.29 is 17.2 Å². The zero-order valence-corrected chi connectivity index (χ0v) is 16.1. The van der Waals surface area contributed by atoms with Crippen molar-refractivity contribution in [3.63, 3.8) is 0 Å². The number of hydrogen-bond donors (Lipinski definition) is 1. The second kappa shape index (κ2) is 15.4. The van der Waals surface area contributed by atoms with Gasteiger partial charge in [-0.25, -0.2) is 4.18 Å². The van der Waals surface area contributed by atoms with E-state index in [0.29, 0.717) is 0 Å². The van der Waals surface area contributed by atoms with Crippen molar-refractivity contribution in [3.8, 4) is 0 Å². The van der Waals surface area contributed by atoms with E-state index in [1.165, 1.54) is 57.8 Å². The van der Waals surface area contributed by atoms with Crippen LogP contribution in [-0.2, 0) is 14.6 Å². The highest BCUT2D eigenvalue weighted by atomic mass is 32.3. The first-order valence-corrected chi connectivity index (χ1v) is 11.0. The Labute approximate surface area is 144 Å². The Bertz CT molecular complexity index is 341. The Hall–Kier alpha value is -0.130. The summed E-state index contributed by atoms with van der Waals surface area (Å²) < 4.78 is 35.7. The van der Waals surface area contributed by atoms with Gasteiger partial charge in [0.15, 0.2) is 0 Å². The van der Waals surface area contributed by atoms with Gasteiger partial charge >= 0.3 is 10.4 Å². The molecule has 23 heavy (non-hydrogen) atoms. The molecule has 0 saturated carbocycles. The van der Waals surface area contributed by atoms with E-state index < -0.39 is 10.4 Å². The largest absolute Gasteiger partial charge is 0.397 e. The molecule has 0 amide bonds. The fourth-order valence-corrected chi connectivity index (χ4v) is 3.43. The van der Waals surface area contributed by atoms with E-state index in [1.54, 1.807) is 0 Å². The maximum Gasteiger partial charge on any atom is 0.397 e. The molecule has 0 aliphatic heterocycles. The van der Waals surface area contributed by atoms with Gasteiger partial charge in [-0.05, 0) is 12.8 Å². The molecular weight excluding hydrogens is 312 g/mol. The normalized spacial score (nSPS) is 13.3. The molecule has 0 saturated heterocycles. The highest BCUT2D eigenvalue weighted by molar-refractivity contribution is 7.80. The van der Waals surface area contributed by atoms with Gasteiger partial charge in [0.05, 0.1) is 6.10 Å². The van der Waals surface area contributed by atoms with Gasteiger partial charge in [0.1, 0.15) is 0 Å². The van der Waals surface area contributed by atoms with Gasteiger partial charge in [-0.15, -0.1) is 0 Å². The standard InChI is InChI=1S/C18H38O4S/c1-3-5-7-9-11-13-15-17-18(22-23(19,20)21)16-14-12-10-8-6-4-2/h18H,3-17H2,1-2H3,(H,19,20,21). The molecule has 1 N–H and O–H groups in total. The molecule has 0 aromatic carbocycles. The van der Waals surface area contributed by atoms with Crippen LogP contribution in [0.3, 0.4) is 0 Å². The van der Waals surface area contributed by atoms with Crippen LogP contribution in [0.2, 0.25) is 0 Å². The summed E-state index contributed by atoms with van der Waals surface area (Å²) in [4.78, 5) is 0. The summed E-state index contributed by atoms with van der Waals surface area (Å²) in [7, 11) is -4.33. The lowest BCUT2D eigenvalue weighted by Crippen LogP contribution is -2.18. The van der Waals surface area contributed by atoms with Gasteiger partial charge in [0, 0.05) is 0 Å². The molecule has 0 aliphatic rings. The molecule has 0 spiro atoms. The SMILES string of the molecule is CCCCCCCCCC(CCCCCCCC)OS(=O)(=O)O. The van der Waals surface area contributed by atoms with Crippen LogP contribution in [0, 0.1) is 0 Å². The van der Waals surface area contributed by atoms with Gasteiger partial charge in [-0.1, -0.05) is 97.3 Å². The summed E-state index contributed by atoms with van der Waals surface area (Å²) in [6.45, 7) is 4.40. The van der Waals surface area contributed by atoms with Crippen LogP contribution in [0.15, 0.2) is 0 Å². The number of rotatable bonds is 17. The fraction of sp³-hybridized carbons (Fsp3) is 1.00. The summed E-state index contributed by atoms with van der Waals surface area (Å²) >= 11 is 0. The Morgan fingerprint density at radius 2 is 1.04 bits per heavy atom. The Morgan fingerprint density at radius 3 is 1.39 bits per heavy atom. The smallest absolute Gasteiger partial charge is 0.264 e. The summed E-state index contributed by atoms with van der Waals surface area (Å²) in [5.41, 5.74) is 0. The summed E-state index contributed by atoms with van der Waals surface area (Å²) in [6.07, 6.45) is 16.5. The van der Waals surface area contributed by atoms with Crippen molar-refractivity contribution in [2.24, 2.45) is 0 Å². The predicted molar refractivity (Wildman–Crippen MR) is 97.0 cm³/mol. The lowest BCUT2D eigenvalue weighted by Gasteiger charge is -2.15. The van der Waals surface area contributed by atoms with Crippen molar-refractivity contribution in [1.82, 2.24) is 0 Å². The van der Waals surface area contributed by atoms with E-state index in [-0.39, 0.29) is 6.10 Å².